The average molecular weight is 355 g/mol. The first kappa shape index (κ1) is 17.9. The Balaban J connectivity index is 1.62. The Hall–Kier alpha value is -2.89. The van der Waals surface area contributed by atoms with Crippen molar-refractivity contribution < 1.29 is 14.0 Å². The standard InChI is InChI=1S/C20H22FN3O2/c1-13-4-9-17(21)19-16(13)3-2-11-24(19)12-10-18(25)23-15-7-5-14(6-8-15)20(22)26/h4-9H,2-3,10-12H2,1H3,(H2,22,26)(H,23,25). The van der Waals surface area contributed by atoms with Crippen LogP contribution in [-0.4, -0.2) is 24.9 Å². The van der Waals surface area contributed by atoms with E-state index >= 15 is 0 Å². The number of halogens is 1. The van der Waals surface area contributed by atoms with Gasteiger partial charge in [0.05, 0.1) is 5.69 Å². The number of nitrogens with one attached hydrogen (secondary N) is 1. The third kappa shape index (κ3) is 3.85. The Kier molecular flexibility index (Phi) is 5.21. The highest BCUT2D eigenvalue weighted by Gasteiger charge is 2.22. The molecule has 1 aliphatic rings. The Labute approximate surface area is 152 Å². The lowest BCUT2D eigenvalue weighted by atomic mass is 9.96. The van der Waals surface area contributed by atoms with Crippen LogP contribution in [0.3, 0.4) is 0 Å². The summed E-state index contributed by atoms with van der Waals surface area (Å²) in [6.45, 7) is 3.19. The molecule has 2 aromatic carbocycles. The summed E-state index contributed by atoms with van der Waals surface area (Å²) in [6, 6.07) is 9.70. The molecule has 3 rings (SSSR count). The van der Waals surface area contributed by atoms with Crippen LogP contribution in [0.5, 0.6) is 0 Å². The number of nitrogens with zero attached hydrogens (tertiary/aromatic N) is 1. The predicted molar refractivity (Wildman–Crippen MR) is 99.9 cm³/mol. The topological polar surface area (TPSA) is 75.4 Å². The summed E-state index contributed by atoms with van der Waals surface area (Å²) in [6.07, 6.45) is 2.08. The van der Waals surface area contributed by atoms with Crippen molar-refractivity contribution in [2.75, 3.05) is 23.3 Å². The van der Waals surface area contributed by atoms with E-state index in [4.69, 9.17) is 5.73 Å². The summed E-state index contributed by atoms with van der Waals surface area (Å²) in [5.41, 5.74) is 8.94. The fourth-order valence-corrected chi connectivity index (χ4v) is 3.33. The van der Waals surface area contributed by atoms with Crippen molar-refractivity contribution in [1.29, 1.82) is 0 Å². The van der Waals surface area contributed by atoms with Crippen molar-refractivity contribution in [3.8, 4) is 0 Å². The predicted octanol–water partition coefficient (Wildman–Crippen LogP) is 3.01. The van der Waals surface area contributed by atoms with Crippen molar-refractivity contribution in [2.24, 2.45) is 5.73 Å². The average Bonchev–Trinajstić information content (AvgIpc) is 2.63. The van der Waals surface area contributed by atoms with Gasteiger partial charge in [0.1, 0.15) is 5.82 Å². The minimum atomic E-state index is -0.510. The van der Waals surface area contributed by atoms with Crippen LogP contribution in [0.4, 0.5) is 15.8 Å². The fraction of sp³-hybridized carbons (Fsp3) is 0.300. The van der Waals surface area contributed by atoms with Crippen molar-refractivity contribution in [3.05, 3.63) is 58.9 Å². The number of benzene rings is 2. The van der Waals surface area contributed by atoms with Gasteiger partial charge in [-0.05, 0) is 61.2 Å². The first-order chi connectivity index (χ1) is 12.5. The summed E-state index contributed by atoms with van der Waals surface area (Å²) in [5.74, 6) is -0.895. The molecule has 1 heterocycles. The molecule has 0 bridgehead atoms. The molecule has 2 amide bonds. The van der Waals surface area contributed by atoms with Gasteiger partial charge in [-0.2, -0.15) is 0 Å². The summed E-state index contributed by atoms with van der Waals surface area (Å²) in [5, 5.41) is 2.79. The van der Waals surface area contributed by atoms with Crippen LogP contribution in [0.25, 0.3) is 0 Å². The van der Waals surface area contributed by atoms with Gasteiger partial charge in [0.2, 0.25) is 11.8 Å². The Morgan fingerprint density at radius 3 is 2.62 bits per heavy atom. The van der Waals surface area contributed by atoms with E-state index in [-0.39, 0.29) is 18.1 Å². The second kappa shape index (κ2) is 7.56. The molecule has 0 unspecified atom stereocenters. The van der Waals surface area contributed by atoms with Gasteiger partial charge in [-0.3, -0.25) is 9.59 Å². The van der Waals surface area contributed by atoms with Crippen molar-refractivity contribution >= 4 is 23.2 Å². The second-order valence-electron chi connectivity index (χ2n) is 6.52. The molecule has 5 nitrogen and oxygen atoms in total. The van der Waals surface area contributed by atoms with E-state index in [9.17, 15) is 14.0 Å². The van der Waals surface area contributed by atoms with E-state index in [1.54, 1.807) is 30.3 Å². The molecule has 26 heavy (non-hydrogen) atoms. The van der Waals surface area contributed by atoms with Gasteiger partial charge < -0.3 is 16.0 Å². The summed E-state index contributed by atoms with van der Waals surface area (Å²) < 4.78 is 14.3. The maximum Gasteiger partial charge on any atom is 0.248 e. The largest absolute Gasteiger partial charge is 0.368 e. The minimum absolute atomic E-state index is 0.156. The molecule has 0 spiro atoms. The molecule has 0 radical (unpaired) electrons. The number of nitrogens with two attached hydrogens (primary N) is 1. The number of amides is 2. The van der Waals surface area contributed by atoms with Gasteiger partial charge in [0.15, 0.2) is 0 Å². The quantitative estimate of drug-likeness (QED) is 0.866. The highest BCUT2D eigenvalue weighted by atomic mass is 19.1. The van der Waals surface area contributed by atoms with Gasteiger partial charge >= 0.3 is 0 Å². The van der Waals surface area contributed by atoms with Crippen molar-refractivity contribution in [1.82, 2.24) is 0 Å². The van der Waals surface area contributed by atoms with Gasteiger partial charge in [-0.15, -0.1) is 0 Å². The molecule has 2 aromatic rings. The normalized spacial score (nSPS) is 13.2. The Morgan fingerprint density at radius 1 is 1.19 bits per heavy atom. The molecule has 6 heteroatoms. The molecule has 0 atom stereocenters. The first-order valence-electron chi connectivity index (χ1n) is 8.68. The Bertz CT molecular complexity index is 834. The lowest BCUT2D eigenvalue weighted by Gasteiger charge is -2.32. The summed E-state index contributed by atoms with van der Waals surface area (Å²) in [4.78, 5) is 25.2. The van der Waals surface area contributed by atoms with Crippen LogP contribution < -0.4 is 16.0 Å². The molecular weight excluding hydrogens is 333 g/mol. The highest BCUT2D eigenvalue weighted by Crippen LogP contribution is 2.32. The molecule has 0 fully saturated rings. The lowest BCUT2D eigenvalue weighted by molar-refractivity contribution is -0.116. The van der Waals surface area contributed by atoms with Crippen LogP contribution in [0.15, 0.2) is 36.4 Å². The van der Waals surface area contributed by atoms with E-state index in [0.717, 1.165) is 30.5 Å². The number of aryl methyl sites for hydroxylation is 1. The molecule has 1 aliphatic heterocycles. The summed E-state index contributed by atoms with van der Waals surface area (Å²) >= 11 is 0. The number of hydrogen-bond acceptors (Lipinski definition) is 3. The molecular formula is C20H22FN3O2. The summed E-state index contributed by atoms with van der Waals surface area (Å²) in [7, 11) is 0. The maximum atomic E-state index is 14.3. The van der Waals surface area contributed by atoms with E-state index in [1.807, 2.05) is 11.8 Å². The van der Waals surface area contributed by atoms with Crippen LogP contribution in [0.2, 0.25) is 0 Å². The first-order valence-corrected chi connectivity index (χ1v) is 8.68. The number of hydrogen-bond donors (Lipinski definition) is 2. The van der Waals surface area contributed by atoms with Crippen LogP contribution in [-0.2, 0) is 11.2 Å². The monoisotopic (exact) mass is 355 g/mol. The molecule has 0 aliphatic carbocycles. The lowest BCUT2D eigenvalue weighted by Crippen LogP contribution is -2.33. The van der Waals surface area contributed by atoms with Crippen molar-refractivity contribution in [3.63, 3.8) is 0 Å². The van der Waals surface area contributed by atoms with Gasteiger partial charge in [-0.1, -0.05) is 6.07 Å². The maximum absolute atomic E-state index is 14.3. The molecule has 0 saturated carbocycles. The number of carbonyl (C=O) groups excluding carboxylic acids is 2. The zero-order chi connectivity index (χ0) is 18.7. The van der Waals surface area contributed by atoms with Crippen LogP contribution in [0.1, 0.15) is 34.3 Å². The molecule has 0 aromatic heterocycles. The van der Waals surface area contributed by atoms with Gasteiger partial charge in [-0.25, -0.2) is 4.39 Å². The third-order valence-electron chi connectivity index (χ3n) is 4.70. The van der Waals surface area contributed by atoms with E-state index < -0.39 is 5.91 Å². The van der Waals surface area contributed by atoms with E-state index in [0.29, 0.717) is 23.5 Å². The van der Waals surface area contributed by atoms with Gasteiger partial charge in [0, 0.05) is 30.8 Å². The third-order valence-corrected chi connectivity index (χ3v) is 4.70. The van der Waals surface area contributed by atoms with Crippen LogP contribution in [0, 0.1) is 12.7 Å². The highest BCUT2D eigenvalue weighted by molar-refractivity contribution is 5.94. The molecule has 3 N–H and O–H groups in total. The number of fused-ring (bicyclic) bond motifs is 1. The number of rotatable bonds is 5. The van der Waals surface area contributed by atoms with E-state index in [1.165, 1.54) is 6.07 Å². The Morgan fingerprint density at radius 2 is 1.92 bits per heavy atom. The van der Waals surface area contributed by atoms with Crippen LogP contribution >= 0.6 is 0 Å². The van der Waals surface area contributed by atoms with E-state index in [2.05, 4.69) is 5.32 Å². The smallest absolute Gasteiger partial charge is 0.248 e. The second-order valence-corrected chi connectivity index (χ2v) is 6.52. The SMILES string of the molecule is Cc1ccc(F)c2c1CCCN2CCC(=O)Nc1ccc(C(N)=O)cc1. The molecule has 136 valence electrons. The number of carbonyl (C=O) groups is 2. The number of anilines is 2. The number of primary amides is 1. The van der Waals surface area contributed by atoms with Crippen molar-refractivity contribution in [2.45, 2.75) is 26.2 Å². The minimum Gasteiger partial charge on any atom is -0.368 e. The fourth-order valence-electron chi connectivity index (χ4n) is 3.33. The zero-order valence-electron chi connectivity index (χ0n) is 14.7. The molecule has 0 saturated heterocycles. The zero-order valence-corrected chi connectivity index (χ0v) is 14.7. The van der Waals surface area contributed by atoms with Gasteiger partial charge in [0.25, 0.3) is 0 Å².